The number of rotatable bonds is 4. The molecule has 5 nitrogen and oxygen atoms in total. The maximum atomic E-state index is 11.9. The van der Waals surface area contributed by atoms with Crippen LogP contribution in [-0.4, -0.2) is 22.4 Å². The van der Waals surface area contributed by atoms with E-state index in [4.69, 9.17) is 4.74 Å². The molecule has 0 amide bonds. The van der Waals surface area contributed by atoms with Gasteiger partial charge in [-0.05, 0) is 23.8 Å². The van der Waals surface area contributed by atoms with E-state index in [9.17, 15) is 9.59 Å². The molecule has 1 heterocycles. The second-order valence-corrected chi connectivity index (χ2v) is 5.05. The Balaban J connectivity index is 2.06. The first-order valence-electron chi connectivity index (χ1n) is 7.41. The highest BCUT2D eigenvalue weighted by Gasteiger charge is 2.10. The topological polar surface area (TPSA) is 61.2 Å². The summed E-state index contributed by atoms with van der Waals surface area (Å²) < 4.78 is 6.01. The number of carbonyl (C=O) groups is 1. The minimum Gasteiger partial charge on any atom is -0.465 e. The predicted octanol–water partition coefficient (Wildman–Crippen LogP) is 2.63. The molecule has 0 aliphatic rings. The van der Waals surface area contributed by atoms with Crippen LogP contribution in [0.25, 0.3) is 22.0 Å². The van der Waals surface area contributed by atoms with Gasteiger partial charge < -0.3 is 4.74 Å². The fourth-order valence-corrected chi connectivity index (χ4v) is 2.48. The average Bonchev–Trinajstić information content (AvgIpc) is 2.57. The number of esters is 1. The van der Waals surface area contributed by atoms with Gasteiger partial charge in [-0.3, -0.25) is 9.59 Å². The summed E-state index contributed by atoms with van der Waals surface area (Å²) in [4.78, 5) is 23.5. The van der Waals surface area contributed by atoms with Gasteiger partial charge in [-0.25, -0.2) is 4.68 Å². The molecule has 0 unspecified atom stereocenters. The van der Waals surface area contributed by atoms with Crippen molar-refractivity contribution in [3.05, 3.63) is 65.0 Å². The second-order valence-electron chi connectivity index (χ2n) is 5.05. The number of hydrogen-bond donors (Lipinski definition) is 0. The van der Waals surface area contributed by atoms with Gasteiger partial charge in [0.25, 0.3) is 5.56 Å². The molecule has 0 N–H and O–H groups in total. The molecule has 0 saturated carbocycles. The number of benzene rings is 2. The summed E-state index contributed by atoms with van der Waals surface area (Å²) in [6.07, 6.45) is 0. The predicted molar refractivity (Wildman–Crippen MR) is 88.1 cm³/mol. The lowest BCUT2D eigenvalue weighted by Crippen LogP contribution is -2.27. The van der Waals surface area contributed by atoms with Crippen molar-refractivity contribution in [1.82, 2.24) is 9.78 Å². The van der Waals surface area contributed by atoms with E-state index in [-0.39, 0.29) is 18.7 Å². The highest BCUT2D eigenvalue weighted by atomic mass is 16.5. The number of hydrogen-bond acceptors (Lipinski definition) is 4. The van der Waals surface area contributed by atoms with E-state index in [1.54, 1.807) is 13.0 Å². The maximum absolute atomic E-state index is 11.9. The third-order valence-electron chi connectivity index (χ3n) is 3.52. The van der Waals surface area contributed by atoms with E-state index in [0.29, 0.717) is 5.69 Å². The van der Waals surface area contributed by atoms with Gasteiger partial charge in [-0.2, -0.15) is 5.10 Å². The summed E-state index contributed by atoms with van der Waals surface area (Å²) >= 11 is 0. The van der Waals surface area contributed by atoms with Crippen molar-refractivity contribution < 1.29 is 9.53 Å². The summed E-state index contributed by atoms with van der Waals surface area (Å²) in [5, 5.41) is 6.46. The number of aromatic nitrogens is 2. The molecule has 2 aromatic carbocycles. The van der Waals surface area contributed by atoms with Crippen LogP contribution in [0, 0.1) is 0 Å². The van der Waals surface area contributed by atoms with Crippen LogP contribution in [0.4, 0.5) is 0 Å². The third-order valence-corrected chi connectivity index (χ3v) is 3.52. The van der Waals surface area contributed by atoms with Gasteiger partial charge in [0.15, 0.2) is 0 Å². The molecule has 0 atom stereocenters. The SMILES string of the molecule is CCOC(=O)Cn1nc(-c2cccc3ccccc23)ccc1=O. The zero-order valence-corrected chi connectivity index (χ0v) is 12.7. The van der Waals surface area contributed by atoms with E-state index in [2.05, 4.69) is 5.10 Å². The summed E-state index contributed by atoms with van der Waals surface area (Å²) in [5.74, 6) is -0.475. The van der Waals surface area contributed by atoms with Crippen LogP contribution < -0.4 is 5.56 Å². The Hall–Kier alpha value is -2.95. The zero-order valence-electron chi connectivity index (χ0n) is 12.7. The van der Waals surface area contributed by atoms with Gasteiger partial charge in [-0.15, -0.1) is 0 Å². The quantitative estimate of drug-likeness (QED) is 0.695. The Bertz CT molecular complexity index is 910. The first kappa shape index (κ1) is 15.0. The first-order chi connectivity index (χ1) is 11.2. The molecule has 0 saturated heterocycles. The van der Waals surface area contributed by atoms with Crippen LogP contribution >= 0.6 is 0 Å². The third kappa shape index (κ3) is 3.13. The summed E-state index contributed by atoms with van der Waals surface area (Å²) in [7, 11) is 0. The van der Waals surface area contributed by atoms with E-state index in [0.717, 1.165) is 21.0 Å². The van der Waals surface area contributed by atoms with Gasteiger partial charge >= 0.3 is 5.97 Å². The van der Waals surface area contributed by atoms with Crippen LogP contribution in [0.15, 0.2) is 59.4 Å². The second kappa shape index (κ2) is 6.44. The van der Waals surface area contributed by atoms with Gasteiger partial charge in [-0.1, -0.05) is 42.5 Å². The average molecular weight is 308 g/mol. The molecule has 3 rings (SSSR count). The number of ether oxygens (including phenoxy) is 1. The largest absolute Gasteiger partial charge is 0.465 e. The molecule has 5 heteroatoms. The highest BCUT2D eigenvalue weighted by Crippen LogP contribution is 2.26. The van der Waals surface area contributed by atoms with E-state index < -0.39 is 5.97 Å². The molecule has 0 aliphatic carbocycles. The molecule has 0 aliphatic heterocycles. The molecule has 0 bridgehead atoms. The molecular weight excluding hydrogens is 292 g/mol. The van der Waals surface area contributed by atoms with E-state index in [1.165, 1.54) is 6.07 Å². The minimum absolute atomic E-state index is 0.189. The maximum Gasteiger partial charge on any atom is 0.327 e. The van der Waals surface area contributed by atoms with Crippen molar-refractivity contribution in [3.8, 4) is 11.3 Å². The molecule has 23 heavy (non-hydrogen) atoms. The van der Waals surface area contributed by atoms with Crippen molar-refractivity contribution in [2.45, 2.75) is 13.5 Å². The van der Waals surface area contributed by atoms with Crippen molar-refractivity contribution in [2.24, 2.45) is 0 Å². The van der Waals surface area contributed by atoms with Crippen LogP contribution in [0.5, 0.6) is 0 Å². The van der Waals surface area contributed by atoms with Gasteiger partial charge in [0.1, 0.15) is 6.54 Å². The van der Waals surface area contributed by atoms with E-state index >= 15 is 0 Å². The monoisotopic (exact) mass is 308 g/mol. The Morgan fingerprint density at radius 3 is 2.70 bits per heavy atom. The van der Waals surface area contributed by atoms with Crippen molar-refractivity contribution >= 4 is 16.7 Å². The van der Waals surface area contributed by atoms with Gasteiger partial charge in [0, 0.05) is 11.6 Å². The Kier molecular flexibility index (Phi) is 4.19. The Morgan fingerprint density at radius 2 is 1.87 bits per heavy atom. The molecule has 0 radical (unpaired) electrons. The summed E-state index contributed by atoms with van der Waals surface area (Å²) in [6.45, 7) is 1.81. The minimum atomic E-state index is -0.475. The standard InChI is InChI=1S/C18H16N2O3/c1-2-23-18(22)12-20-17(21)11-10-16(19-20)15-9-5-7-13-6-3-4-8-14(13)15/h3-11H,2,12H2,1H3. The van der Waals surface area contributed by atoms with Crippen LogP contribution in [0.3, 0.4) is 0 Å². The molecular formula is C18H16N2O3. The lowest BCUT2D eigenvalue weighted by Gasteiger charge is -2.09. The van der Waals surface area contributed by atoms with Crippen molar-refractivity contribution in [3.63, 3.8) is 0 Å². The summed E-state index contributed by atoms with van der Waals surface area (Å²) in [6, 6.07) is 17.0. The van der Waals surface area contributed by atoms with Crippen molar-refractivity contribution in [2.75, 3.05) is 6.61 Å². The smallest absolute Gasteiger partial charge is 0.327 e. The van der Waals surface area contributed by atoms with Crippen LogP contribution in [0.1, 0.15) is 6.92 Å². The lowest BCUT2D eigenvalue weighted by atomic mass is 10.0. The zero-order chi connectivity index (χ0) is 16.2. The Morgan fingerprint density at radius 1 is 1.09 bits per heavy atom. The van der Waals surface area contributed by atoms with E-state index in [1.807, 2.05) is 42.5 Å². The number of fused-ring (bicyclic) bond motifs is 1. The summed E-state index contributed by atoms with van der Waals surface area (Å²) in [5.41, 5.74) is 1.23. The number of carbonyl (C=O) groups excluding carboxylic acids is 1. The molecule has 1 aromatic heterocycles. The molecule has 0 fully saturated rings. The lowest BCUT2D eigenvalue weighted by molar-refractivity contribution is -0.144. The molecule has 116 valence electrons. The van der Waals surface area contributed by atoms with Gasteiger partial charge in [0.05, 0.1) is 12.3 Å². The molecule has 3 aromatic rings. The first-order valence-corrected chi connectivity index (χ1v) is 7.41. The Labute approximate surface area is 133 Å². The van der Waals surface area contributed by atoms with Gasteiger partial charge in [0.2, 0.25) is 0 Å². The van der Waals surface area contributed by atoms with Crippen LogP contribution in [-0.2, 0) is 16.1 Å². The fourth-order valence-electron chi connectivity index (χ4n) is 2.48. The number of nitrogens with zero attached hydrogens (tertiary/aromatic N) is 2. The highest BCUT2D eigenvalue weighted by molar-refractivity contribution is 5.95. The normalized spacial score (nSPS) is 10.7. The fraction of sp³-hybridized carbons (Fsp3) is 0.167. The molecule has 0 spiro atoms. The van der Waals surface area contributed by atoms with Crippen molar-refractivity contribution in [1.29, 1.82) is 0 Å². The van der Waals surface area contributed by atoms with Crippen LogP contribution in [0.2, 0.25) is 0 Å².